The molecule has 0 spiro atoms. The third kappa shape index (κ3) is 22.2. The summed E-state index contributed by atoms with van der Waals surface area (Å²) in [5.74, 6) is 1.86. The van der Waals surface area contributed by atoms with Crippen molar-refractivity contribution >= 4 is 17.5 Å². The van der Waals surface area contributed by atoms with Crippen molar-refractivity contribution in [2.45, 2.75) is 33.6 Å². The molecule has 0 atom stereocenters. The average Bonchev–Trinajstić information content (AvgIpc) is 3.30. The summed E-state index contributed by atoms with van der Waals surface area (Å²) < 4.78 is 4.94. The molecule has 0 unspecified atom stereocenters. The van der Waals surface area contributed by atoms with E-state index in [4.69, 9.17) is 21.9 Å². The van der Waals surface area contributed by atoms with Gasteiger partial charge in [0.2, 0.25) is 0 Å². The maximum Gasteiger partial charge on any atom is 1.00 e. The van der Waals surface area contributed by atoms with Crippen molar-refractivity contribution in [1.29, 1.82) is 0 Å². The van der Waals surface area contributed by atoms with Crippen molar-refractivity contribution in [2.75, 3.05) is 30.4 Å². The SMILES string of the molecule is C1CCOC1.Cc1ccc(N)[nH+]c1.Cc1ccc(N)nc1.Cc1ccc(N)nc1.[Cl-].[Cl-].[Li+].[Li+]. The van der Waals surface area contributed by atoms with E-state index >= 15 is 0 Å². The van der Waals surface area contributed by atoms with Gasteiger partial charge in [-0.1, -0.05) is 12.1 Å². The van der Waals surface area contributed by atoms with Crippen molar-refractivity contribution in [3.63, 3.8) is 0 Å². The maximum atomic E-state index is 5.37. The van der Waals surface area contributed by atoms with Crippen LogP contribution in [0.4, 0.5) is 17.5 Å². The van der Waals surface area contributed by atoms with Gasteiger partial charge in [-0.25, -0.2) is 15.0 Å². The maximum absolute atomic E-state index is 5.37. The van der Waals surface area contributed by atoms with E-state index in [1.165, 1.54) is 18.4 Å². The van der Waals surface area contributed by atoms with Crippen LogP contribution in [-0.2, 0) is 4.74 Å². The number of pyridine rings is 3. The molecule has 0 bridgehead atoms. The van der Waals surface area contributed by atoms with E-state index in [0.717, 1.165) is 24.3 Å². The zero-order valence-corrected chi connectivity index (χ0v) is 21.8. The quantitative estimate of drug-likeness (QED) is 0.273. The molecule has 4 heterocycles. The van der Waals surface area contributed by atoms with Crippen molar-refractivity contribution in [1.82, 2.24) is 9.97 Å². The van der Waals surface area contributed by atoms with Crippen LogP contribution in [0.2, 0.25) is 0 Å². The summed E-state index contributed by atoms with van der Waals surface area (Å²) in [5, 5.41) is 0. The third-order valence-corrected chi connectivity index (χ3v) is 3.69. The molecule has 0 aromatic carbocycles. The minimum Gasteiger partial charge on any atom is -1.00 e. The van der Waals surface area contributed by atoms with Gasteiger partial charge >= 0.3 is 37.7 Å². The Morgan fingerprint density at radius 2 is 1.12 bits per heavy atom. The van der Waals surface area contributed by atoms with E-state index in [1.807, 2.05) is 51.2 Å². The van der Waals surface area contributed by atoms with E-state index in [-0.39, 0.29) is 62.5 Å². The molecule has 0 amide bonds. The number of nitrogens with two attached hydrogens (primary N) is 3. The summed E-state index contributed by atoms with van der Waals surface area (Å²) in [6, 6.07) is 11.2. The first-order valence-electron chi connectivity index (χ1n) is 9.54. The number of ether oxygens (including phenoxy) is 1. The monoisotopic (exact) mass is 481 g/mol. The van der Waals surface area contributed by atoms with Gasteiger partial charge in [-0.2, -0.15) is 0 Å². The van der Waals surface area contributed by atoms with Crippen LogP contribution in [0, 0.1) is 20.8 Å². The Balaban J connectivity index is -0.000000165. The van der Waals surface area contributed by atoms with Gasteiger partial charge in [-0.3, -0.25) is 5.73 Å². The number of halogens is 2. The number of nitrogen functional groups attached to an aromatic ring is 3. The van der Waals surface area contributed by atoms with Gasteiger partial charge < -0.3 is 41.0 Å². The molecule has 172 valence electrons. The van der Waals surface area contributed by atoms with Crippen LogP contribution in [-0.4, -0.2) is 23.2 Å². The van der Waals surface area contributed by atoms with E-state index in [2.05, 4.69) is 15.0 Å². The first kappa shape index (κ1) is 38.8. The Bertz CT molecular complexity index is 633. The van der Waals surface area contributed by atoms with Crippen molar-refractivity contribution < 1.29 is 72.3 Å². The third-order valence-electron chi connectivity index (χ3n) is 3.69. The van der Waals surface area contributed by atoms with E-state index in [1.54, 1.807) is 24.5 Å². The zero-order valence-electron chi connectivity index (χ0n) is 20.3. The van der Waals surface area contributed by atoms with E-state index in [9.17, 15) is 0 Å². The Morgan fingerprint density at radius 3 is 1.33 bits per heavy atom. The number of hydrogen-bond donors (Lipinski definition) is 3. The molecule has 33 heavy (non-hydrogen) atoms. The first-order chi connectivity index (χ1) is 13.9. The predicted molar refractivity (Wildman–Crippen MR) is 119 cm³/mol. The Morgan fingerprint density at radius 1 is 0.697 bits per heavy atom. The molecule has 0 aliphatic carbocycles. The standard InChI is InChI=1S/3C6H8N2.C4H8O.2ClH.2Li/c3*1-5-2-3-6(7)8-4-5;1-2-4-5-3-1;;;;/h3*2-4H,1H3,(H2,7,8);1-4H2;2*1H;;/q;;;;;;2*+1/p-1. The van der Waals surface area contributed by atoms with E-state index < -0.39 is 0 Å². The summed E-state index contributed by atoms with van der Waals surface area (Å²) in [5.41, 5.74) is 19.5. The van der Waals surface area contributed by atoms with Gasteiger partial charge in [0.15, 0.2) is 0 Å². The Hall–Kier alpha value is -1.42. The van der Waals surface area contributed by atoms with Crippen molar-refractivity contribution in [3.8, 4) is 0 Å². The number of aryl methyl sites for hydroxylation is 3. The number of H-pyrrole nitrogens is 1. The molecule has 1 aliphatic heterocycles. The topological polar surface area (TPSA) is 127 Å². The van der Waals surface area contributed by atoms with Gasteiger partial charge in [0.05, 0.1) is 6.20 Å². The molecule has 3 aromatic heterocycles. The second-order valence-electron chi connectivity index (χ2n) is 6.66. The van der Waals surface area contributed by atoms with E-state index in [0.29, 0.717) is 17.5 Å². The number of nitrogens with one attached hydrogen (secondary N) is 1. The smallest absolute Gasteiger partial charge is 1.00 e. The Kier molecular flexibility index (Phi) is 27.9. The number of rotatable bonds is 0. The fourth-order valence-electron chi connectivity index (χ4n) is 1.98. The molecule has 11 heteroatoms. The number of aromatic nitrogens is 3. The van der Waals surface area contributed by atoms with Crippen LogP contribution in [0.15, 0.2) is 55.0 Å². The van der Waals surface area contributed by atoms with Gasteiger partial charge in [0, 0.05) is 31.7 Å². The van der Waals surface area contributed by atoms with Crippen LogP contribution in [0.3, 0.4) is 0 Å². The summed E-state index contributed by atoms with van der Waals surface area (Å²) >= 11 is 0. The summed E-state index contributed by atoms with van der Waals surface area (Å²) in [4.78, 5) is 10.6. The fraction of sp³-hybridized carbons (Fsp3) is 0.318. The van der Waals surface area contributed by atoms with Crippen molar-refractivity contribution in [2.24, 2.45) is 0 Å². The molecule has 0 saturated carbocycles. The van der Waals surface area contributed by atoms with Crippen LogP contribution in [0.25, 0.3) is 0 Å². The Labute approximate surface area is 234 Å². The molecule has 4 rings (SSSR count). The zero-order chi connectivity index (χ0) is 21.5. The molecule has 7 nitrogen and oxygen atoms in total. The second-order valence-corrected chi connectivity index (χ2v) is 6.66. The molecular weight excluding hydrogens is 449 g/mol. The largest absolute Gasteiger partial charge is 1.00 e. The van der Waals surface area contributed by atoms with Gasteiger partial charge in [-0.15, -0.1) is 0 Å². The number of aromatic amines is 1. The van der Waals surface area contributed by atoms with Gasteiger partial charge in [0.1, 0.15) is 11.6 Å². The summed E-state index contributed by atoms with van der Waals surface area (Å²) in [7, 11) is 0. The van der Waals surface area contributed by atoms with Crippen LogP contribution in [0.1, 0.15) is 29.5 Å². The van der Waals surface area contributed by atoms with Gasteiger partial charge in [-0.05, 0) is 68.5 Å². The minimum absolute atomic E-state index is 0. The molecule has 7 N–H and O–H groups in total. The molecule has 1 aliphatic rings. The first-order valence-corrected chi connectivity index (χ1v) is 9.54. The molecule has 0 radical (unpaired) electrons. The molecular formula is C22H33Cl2Li2N6O+. The fourth-order valence-corrected chi connectivity index (χ4v) is 1.98. The summed E-state index contributed by atoms with van der Waals surface area (Å²) in [6.45, 7) is 7.97. The second kappa shape index (κ2) is 23.7. The number of nitrogens with zero attached hydrogens (tertiary/aromatic N) is 2. The summed E-state index contributed by atoms with van der Waals surface area (Å²) in [6.07, 6.45) is 7.92. The molecule has 3 aromatic rings. The van der Waals surface area contributed by atoms with Crippen molar-refractivity contribution in [3.05, 3.63) is 71.7 Å². The predicted octanol–water partition coefficient (Wildman–Crippen LogP) is -8.85. The average molecular weight is 482 g/mol. The molecule has 1 saturated heterocycles. The van der Waals surface area contributed by atoms with Crippen LogP contribution < -0.4 is 84.7 Å². The molecule has 1 fully saturated rings. The number of hydrogen-bond acceptors (Lipinski definition) is 6. The van der Waals surface area contributed by atoms with Crippen LogP contribution in [0.5, 0.6) is 0 Å². The number of anilines is 3. The van der Waals surface area contributed by atoms with Gasteiger partial charge in [0.25, 0.3) is 5.82 Å². The normalized spacial score (nSPS) is 10.3. The van der Waals surface area contributed by atoms with Crippen LogP contribution >= 0.6 is 0 Å². The minimum atomic E-state index is 0.